The molecule has 3 rings (SSSR count). The van der Waals surface area contributed by atoms with Gasteiger partial charge < -0.3 is 15.6 Å². The summed E-state index contributed by atoms with van der Waals surface area (Å²) in [4.78, 5) is 31.0. The second-order valence-electron chi connectivity index (χ2n) is 5.78. The molecule has 0 unspecified atom stereocenters. The highest BCUT2D eigenvalue weighted by Gasteiger charge is 2.10. The van der Waals surface area contributed by atoms with Gasteiger partial charge in [0.15, 0.2) is 0 Å². The summed E-state index contributed by atoms with van der Waals surface area (Å²) >= 11 is 5.79. The predicted octanol–water partition coefficient (Wildman–Crippen LogP) is 3.42. The zero-order valence-electron chi connectivity index (χ0n) is 13.9. The van der Waals surface area contributed by atoms with Gasteiger partial charge in [0.2, 0.25) is 11.2 Å². The molecule has 2 aromatic carbocycles. The molecule has 0 fully saturated rings. The third kappa shape index (κ3) is 4.18. The number of aromatic nitrogens is 2. The molecule has 1 aromatic heterocycles. The van der Waals surface area contributed by atoms with E-state index in [1.54, 1.807) is 31.2 Å². The van der Waals surface area contributed by atoms with Crippen molar-refractivity contribution in [1.29, 1.82) is 0 Å². The van der Waals surface area contributed by atoms with Crippen LogP contribution in [0, 0.1) is 12.7 Å². The summed E-state index contributed by atoms with van der Waals surface area (Å²) in [5.41, 5.74) is 2.73. The van der Waals surface area contributed by atoms with Crippen LogP contribution in [0.2, 0.25) is 5.28 Å². The van der Waals surface area contributed by atoms with Crippen LogP contribution in [0.1, 0.15) is 22.3 Å². The molecule has 0 saturated carbocycles. The Bertz CT molecular complexity index is 986. The van der Waals surface area contributed by atoms with E-state index in [1.165, 1.54) is 12.1 Å². The Morgan fingerprint density at radius 1 is 1.23 bits per heavy atom. The van der Waals surface area contributed by atoms with Crippen molar-refractivity contribution >= 4 is 40.1 Å². The van der Waals surface area contributed by atoms with Crippen LogP contribution in [-0.2, 0) is 4.79 Å². The first-order valence-electron chi connectivity index (χ1n) is 7.92. The number of benzene rings is 2. The van der Waals surface area contributed by atoms with Crippen molar-refractivity contribution < 1.29 is 14.0 Å². The maximum absolute atomic E-state index is 13.2. The molecule has 8 heteroatoms. The molecule has 0 radical (unpaired) electrons. The summed E-state index contributed by atoms with van der Waals surface area (Å²) in [6.07, 6.45) is 0.0975. The molecule has 1 heterocycles. The highest BCUT2D eigenvalue weighted by Crippen LogP contribution is 2.16. The smallest absolute Gasteiger partial charge is 0.251 e. The van der Waals surface area contributed by atoms with Gasteiger partial charge in [-0.15, -0.1) is 0 Å². The number of carbonyl (C=O) groups excluding carboxylic acids is 2. The van der Waals surface area contributed by atoms with Gasteiger partial charge in [-0.1, -0.05) is 0 Å². The molecule has 0 atom stereocenters. The van der Waals surface area contributed by atoms with Gasteiger partial charge >= 0.3 is 0 Å². The lowest BCUT2D eigenvalue weighted by molar-refractivity contribution is -0.116. The molecule has 0 spiro atoms. The van der Waals surface area contributed by atoms with Crippen LogP contribution in [0.25, 0.3) is 11.0 Å². The fraction of sp³-hybridized carbons (Fsp3) is 0.167. The predicted molar refractivity (Wildman–Crippen MR) is 97.8 cm³/mol. The Morgan fingerprint density at radius 3 is 2.81 bits per heavy atom. The lowest BCUT2D eigenvalue weighted by atomic mass is 10.2. The molecule has 0 saturated heterocycles. The van der Waals surface area contributed by atoms with Crippen molar-refractivity contribution in [2.75, 3.05) is 11.9 Å². The largest absolute Gasteiger partial charge is 0.352 e. The van der Waals surface area contributed by atoms with Gasteiger partial charge in [0.1, 0.15) is 5.82 Å². The number of nitrogens with one attached hydrogen (secondary N) is 3. The summed E-state index contributed by atoms with van der Waals surface area (Å²) in [6, 6.07) is 9.31. The van der Waals surface area contributed by atoms with E-state index in [0.717, 1.165) is 0 Å². The summed E-state index contributed by atoms with van der Waals surface area (Å²) in [5.74, 6) is -0.902. The van der Waals surface area contributed by atoms with Crippen molar-refractivity contribution in [2.24, 2.45) is 0 Å². The van der Waals surface area contributed by atoms with E-state index in [-0.39, 0.29) is 35.9 Å². The topological polar surface area (TPSA) is 86.9 Å². The minimum Gasteiger partial charge on any atom is -0.352 e. The Kier molecular flexibility index (Phi) is 5.18. The molecule has 3 aromatic rings. The monoisotopic (exact) mass is 374 g/mol. The molecular weight excluding hydrogens is 359 g/mol. The Morgan fingerprint density at radius 2 is 2.04 bits per heavy atom. The van der Waals surface area contributed by atoms with E-state index in [2.05, 4.69) is 20.6 Å². The Hall–Kier alpha value is -2.93. The van der Waals surface area contributed by atoms with Gasteiger partial charge in [-0.2, -0.15) is 0 Å². The molecule has 0 aliphatic carbocycles. The van der Waals surface area contributed by atoms with Gasteiger partial charge in [-0.05, 0) is 60.5 Å². The first kappa shape index (κ1) is 17.9. The average Bonchev–Trinajstić information content (AvgIpc) is 2.97. The van der Waals surface area contributed by atoms with Crippen molar-refractivity contribution in [1.82, 2.24) is 15.3 Å². The number of amides is 2. The average molecular weight is 375 g/mol. The lowest BCUT2D eigenvalue weighted by Gasteiger charge is -2.08. The second kappa shape index (κ2) is 7.53. The minimum absolute atomic E-state index is 0.0975. The van der Waals surface area contributed by atoms with Crippen LogP contribution in [-0.4, -0.2) is 28.3 Å². The van der Waals surface area contributed by atoms with Crippen molar-refractivity contribution in [3.05, 3.63) is 58.6 Å². The molecule has 3 N–H and O–H groups in total. The van der Waals surface area contributed by atoms with E-state index >= 15 is 0 Å². The highest BCUT2D eigenvalue weighted by atomic mass is 35.5. The maximum Gasteiger partial charge on any atom is 0.251 e. The summed E-state index contributed by atoms with van der Waals surface area (Å²) in [5, 5.41) is 5.60. The number of H-pyrrole nitrogens is 1. The number of carbonyl (C=O) groups is 2. The molecule has 0 aliphatic rings. The van der Waals surface area contributed by atoms with Gasteiger partial charge in [-0.3, -0.25) is 9.59 Å². The van der Waals surface area contributed by atoms with Gasteiger partial charge in [-0.25, -0.2) is 9.37 Å². The molecule has 0 aliphatic heterocycles. The maximum atomic E-state index is 13.2. The second-order valence-corrected chi connectivity index (χ2v) is 6.14. The van der Waals surface area contributed by atoms with Gasteiger partial charge in [0.25, 0.3) is 5.91 Å². The first-order chi connectivity index (χ1) is 12.4. The van der Waals surface area contributed by atoms with Crippen LogP contribution in [0.4, 0.5) is 10.1 Å². The third-order valence-corrected chi connectivity index (χ3v) is 3.97. The number of hydrogen-bond donors (Lipinski definition) is 3. The van der Waals surface area contributed by atoms with E-state index in [4.69, 9.17) is 11.6 Å². The van der Waals surface area contributed by atoms with Crippen LogP contribution in [0.3, 0.4) is 0 Å². The van der Waals surface area contributed by atoms with E-state index < -0.39 is 0 Å². The number of halogens is 2. The normalized spacial score (nSPS) is 10.7. The summed E-state index contributed by atoms with van der Waals surface area (Å²) < 4.78 is 13.2. The zero-order chi connectivity index (χ0) is 18.7. The van der Waals surface area contributed by atoms with E-state index in [9.17, 15) is 14.0 Å². The van der Waals surface area contributed by atoms with Crippen molar-refractivity contribution in [2.45, 2.75) is 13.3 Å². The van der Waals surface area contributed by atoms with Crippen LogP contribution < -0.4 is 10.6 Å². The SMILES string of the molecule is Cc1cc(NC(=O)CCNC(=O)c2ccc3nc(Cl)[nH]c3c2)ccc1F. The highest BCUT2D eigenvalue weighted by molar-refractivity contribution is 6.29. The van der Waals surface area contributed by atoms with Crippen molar-refractivity contribution in [3.8, 4) is 0 Å². The zero-order valence-corrected chi connectivity index (χ0v) is 14.7. The Balaban J connectivity index is 1.52. The van der Waals surface area contributed by atoms with E-state index in [0.29, 0.717) is 27.8 Å². The van der Waals surface area contributed by atoms with E-state index in [1.807, 2.05) is 0 Å². The molecule has 2 amide bonds. The first-order valence-corrected chi connectivity index (χ1v) is 8.29. The minimum atomic E-state index is -0.328. The molecule has 6 nitrogen and oxygen atoms in total. The molecule has 134 valence electrons. The summed E-state index contributed by atoms with van der Waals surface area (Å²) in [6.45, 7) is 1.79. The number of imidazole rings is 1. The number of fused-ring (bicyclic) bond motifs is 1. The van der Waals surface area contributed by atoms with Gasteiger partial charge in [0.05, 0.1) is 11.0 Å². The van der Waals surface area contributed by atoms with Crippen molar-refractivity contribution in [3.63, 3.8) is 0 Å². The fourth-order valence-corrected chi connectivity index (χ4v) is 2.65. The Labute approximate surface area is 153 Å². The number of anilines is 1. The fourth-order valence-electron chi connectivity index (χ4n) is 2.46. The molecule has 26 heavy (non-hydrogen) atoms. The lowest BCUT2D eigenvalue weighted by Crippen LogP contribution is -2.27. The number of aromatic amines is 1. The summed E-state index contributed by atoms with van der Waals surface area (Å²) in [7, 11) is 0. The molecule has 0 bridgehead atoms. The van der Waals surface area contributed by atoms with Gasteiger partial charge in [0, 0.05) is 24.2 Å². The number of nitrogens with zero attached hydrogens (tertiary/aromatic N) is 1. The quantitative estimate of drug-likeness (QED) is 0.639. The van der Waals surface area contributed by atoms with Crippen LogP contribution in [0.5, 0.6) is 0 Å². The third-order valence-electron chi connectivity index (χ3n) is 3.79. The number of aryl methyl sites for hydroxylation is 1. The number of rotatable bonds is 5. The van der Waals surface area contributed by atoms with Crippen LogP contribution in [0.15, 0.2) is 36.4 Å². The molecular formula is C18H16ClFN4O2. The number of hydrogen-bond acceptors (Lipinski definition) is 3. The van der Waals surface area contributed by atoms with Crippen LogP contribution >= 0.6 is 11.6 Å². The standard InChI is InChI=1S/C18H16ClFN4O2/c1-10-8-12(3-4-13(10)20)22-16(25)6-7-21-17(26)11-2-5-14-15(9-11)24-18(19)23-14/h2-5,8-9H,6-7H2,1H3,(H,21,26)(H,22,25)(H,23,24).